The predicted octanol–water partition coefficient (Wildman–Crippen LogP) is 11.5. The third-order valence-corrected chi connectivity index (χ3v) is 8.92. The molecule has 0 bridgehead atoms. The Morgan fingerprint density at radius 1 is 0.460 bits per heavy atom. The van der Waals surface area contributed by atoms with Gasteiger partial charge in [-0.15, -0.1) is 0 Å². The summed E-state index contributed by atoms with van der Waals surface area (Å²) in [5.74, 6) is 1.18. The minimum absolute atomic E-state index is 0.00576. The van der Waals surface area contributed by atoms with Crippen LogP contribution in [0.1, 0.15) is 11.0 Å². The minimum Gasteiger partial charge on any atom is -0.455 e. The molecule has 7 aromatic carbocycles. The van der Waals surface area contributed by atoms with Crippen LogP contribution in [0, 0.1) is 0 Å². The molecule has 10 rings (SSSR count). The topological polar surface area (TPSA) is 56.7 Å². The second-order valence-electron chi connectivity index (χ2n) is 11.8. The molecule has 50 heavy (non-hydrogen) atoms. The summed E-state index contributed by atoms with van der Waals surface area (Å²) in [6.45, 7) is 0. The lowest BCUT2D eigenvalue weighted by Gasteiger charge is -2.16. The summed E-state index contributed by atoms with van der Waals surface area (Å²) in [6, 6.07) is 34.3. The number of furan rings is 1. The molecule has 0 atom stereocenters. The van der Waals surface area contributed by atoms with Gasteiger partial charge in [0.05, 0.1) is 27.7 Å². The van der Waals surface area contributed by atoms with E-state index in [9.17, 15) is 2.74 Å². The molecule has 0 amide bonds. The average Bonchev–Trinajstić information content (AvgIpc) is 3.84. The molecule has 234 valence electrons. The van der Waals surface area contributed by atoms with Crippen molar-refractivity contribution in [1.82, 2.24) is 19.5 Å². The van der Waals surface area contributed by atoms with Crippen LogP contribution in [0.3, 0.4) is 0 Å². The van der Waals surface area contributed by atoms with Crippen LogP contribution in [0.2, 0.25) is 0 Å². The predicted molar refractivity (Wildman–Crippen MR) is 203 cm³/mol. The highest BCUT2D eigenvalue weighted by Crippen LogP contribution is 2.42. The van der Waals surface area contributed by atoms with Gasteiger partial charge in [0.25, 0.3) is 0 Å². The van der Waals surface area contributed by atoms with Gasteiger partial charge in [-0.1, -0.05) is 145 Å². The second-order valence-corrected chi connectivity index (χ2v) is 11.8. The first kappa shape index (κ1) is 21.2. The molecular weight excluding hydrogens is 613 g/mol. The van der Waals surface area contributed by atoms with Crippen LogP contribution in [0.5, 0.6) is 0 Å². The number of hydrogen-bond acceptors (Lipinski definition) is 4. The van der Waals surface area contributed by atoms with Crippen LogP contribution < -0.4 is 0 Å². The Hall–Kier alpha value is -6.85. The van der Waals surface area contributed by atoms with Crippen LogP contribution in [-0.4, -0.2) is 19.5 Å². The Morgan fingerprint density at radius 2 is 1.02 bits per heavy atom. The van der Waals surface area contributed by atoms with Crippen molar-refractivity contribution in [2.45, 2.75) is 0 Å². The van der Waals surface area contributed by atoms with E-state index in [-0.39, 0.29) is 21.8 Å². The quantitative estimate of drug-likeness (QED) is 0.186. The highest BCUT2D eigenvalue weighted by atomic mass is 16.3. The van der Waals surface area contributed by atoms with E-state index in [0.717, 1.165) is 21.9 Å². The Balaban J connectivity index is 1.37. The molecule has 3 aromatic heterocycles. The first-order valence-electron chi connectivity index (χ1n) is 20.1. The molecule has 0 radical (unpaired) electrons. The summed E-state index contributed by atoms with van der Waals surface area (Å²) in [4.78, 5) is 14.7. The van der Waals surface area contributed by atoms with Gasteiger partial charge in [0.2, 0.25) is 0 Å². The number of para-hydroxylation sites is 4. The number of benzene rings is 7. The lowest BCUT2D eigenvalue weighted by molar-refractivity contribution is 0.670. The van der Waals surface area contributed by atoms with Gasteiger partial charge in [0.15, 0.2) is 17.5 Å². The van der Waals surface area contributed by atoms with E-state index >= 15 is 0 Å². The summed E-state index contributed by atoms with van der Waals surface area (Å²) in [5.41, 5.74) is 4.85. The highest BCUT2D eigenvalue weighted by molar-refractivity contribution is 6.12. The number of nitrogens with zero attached hydrogens (tertiary/aromatic N) is 4. The van der Waals surface area contributed by atoms with Crippen molar-refractivity contribution in [3.8, 4) is 51.0 Å². The monoisotopic (exact) mass is 648 g/mol. The van der Waals surface area contributed by atoms with Gasteiger partial charge in [0.1, 0.15) is 11.2 Å². The van der Waals surface area contributed by atoms with Crippen LogP contribution in [-0.2, 0) is 0 Å². The maximum Gasteiger partial charge on any atom is 0.164 e. The highest BCUT2D eigenvalue weighted by Gasteiger charge is 2.21. The lowest BCUT2D eigenvalue weighted by atomic mass is 9.98. The number of aromatic nitrogens is 4. The fourth-order valence-electron chi connectivity index (χ4n) is 6.64. The van der Waals surface area contributed by atoms with Crippen molar-refractivity contribution in [2.24, 2.45) is 0 Å². The van der Waals surface area contributed by atoms with E-state index in [0.29, 0.717) is 51.0 Å². The van der Waals surface area contributed by atoms with E-state index in [1.165, 1.54) is 4.57 Å². The molecule has 0 aliphatic rings. The number of rotatable bonds is 5. The third kappa shape index (κ3) is 4.52. The maximum absolute atomic E-state index is 9.26. The first-order chi connectivity index (χ1) is 28.1. The molecule has 0 aliphatic heterocycles. The standard InChI is InChI=1S/C45H28N4O/c1-3-14-29(15-4-1)43-46-44(30-16-5-2-6-17-30)48-45(47-43)31-26-27-34(36-21-13-22-37-35-20-9-12-25-41(35)50-42(36)37)40(28-31)49-38-23-10-7-18-32(38)33-19-8-11-24-39(33)49/h1-28H/i7D,8D,10D,11D,18D,19D,23D,24D. The number of hydrogen-bond donors (Lipinski definition) is 0. The summed E-state index contributed by atoms with van der Waals surface area (Å²) >= 11 is 0. The van der Waals surface area contributed by atoms with Crippen molar-refractivity contribution in [2.75, 3.05) is 0 Å². The van der Waals surface area contributed by atoms with Crippen molar-refractivity contribution in [1.29, 1.82) is 0 Å². The number of fused-ring (bicyclic) bond motifs is 6. The minimum atomic E-state index is -0.517. The van der Waals surface area contributed by atoms with Gasteiger partial charge in [-0.25, -0.2) is 15.0 Å². The molecule has 0 fully saturated rings. The fraction of sp³-hybridized carbons (Fsp3) is 0. The van der Waals surface area contributed by atoms with E-state index in [1.807, 2.05) is 115 Å². The first-order valence-corrected chi connectivity index (χ1v) is 16.1. The van der Waals surface area contributed by atoms with Crippen molar-refractivity contribution in [3.63, 3.8) is 0 Å². The fourth-order valence-corrected chi connectivity index (χ4v) is 6.64. The molecule has 10 aromatic rings. The van der Waals surface area contributed by atoms with Crippen LogP contribution >= 0.6 is 0 Å². The average molecular weight is 649 g/mol. The van der Waals surface area contributed by atoms with Gasteiger partial charge in [-0.3, -0.25) is 0 Å². The molecule has 5 heteroatoms. The largest absolute Gasteiger partial charge is 0.455 e. The normalized spacial score (nSPS) is 13.8. The second kappa shape index (κ2) is 11.4. The summed E-state index contributed by atoms with van der Waals surface area (Å²) in [7, 11) is 0. The zero-order chi connectivity index (χ0) is 40.0. The van der Waals surface area contributed by atoms with Gasteiger partial charge in [-0.2, -0.15) is 0 Å². The Bertz CT molecular complexity index is 3200. The van der Waals surface area contributed by atoms with E-state index in [2.05, 4.69) is 0 Å². The van der Waals surface area contributed by atoms with E-state index in [4.69, 9.17) is 27.6 Å². The van der Waals surface area contributed by atoms with Crippen molar-refractivity contribution < 1.29 is 15.4 Å². The molecule has 0 unspecified atom stereocenters. The molecule has 5 nitrogen and oxygen atoms in total. The Morgan fingerprint density at radius 3 is 1.68 bits per heavy atom. The molecule has 0 spiro atoms. The molecule has 0 saturated carbocycles. The zero-order valence-corrected chi connectivity index (χ0v) is 26.2. The molecule has 0 saturated heterocycles. The Kier molecular flexibility index (Phi) is 4.83. The molecular formula is C45H28N4O. The van der Waals surface area contributed by atoms with Crippen molar-refractivity contribution in [3.05, 3.63) is 170 Å². The third-order valence-electron chi connectivity index (χ3n) is 8.92. The van der Waals surface area contributed by atoms with E-state index < -0.39 is 48.3 Å². The van der Waals surface area contributed by atoms with Gasteiger partial charge in [-0.05, 0) is 24.2 Å². The summed E-state index contributed by atoms with van der Waals surface area (Å²) < 4.78 is 79.3. The molecule has 3 heterocycles. The Labute approximate surface area is 299 Å². The maximum atomic E-state index is 9.26. The van der Waals surface area contributed by atoms with Crippen LogP contribution in [0.4, 0.5) is 0 Å². The lowest BCUT2D eigenvalue weighted by Crippen LogP contribution is -2.02. The molecule has 0 N–H and O–H groups in total. The molecule has 0 aliphatic carbocycles. The SMILES string of the molecule is [2H]c1c([2H])c([2H])c2c(c1[2H])c1c([2H])c([2H])c([2H])c([2H])c1n2-c1cc(-c2nc(-c3ccccc3)nc(-c3ccccc3)n2)ccc1-c1cccc2c1oc1ccccc12. The summed E-state index contributed by atoms with van der Waals surface area (Å²) in [6.07, 6.45) is 0. The smallest absolute Gasteiger partial charge is 0.164 e. The van der Waals surface area contributed by atoms with Gasteiger partial charge < -0.3 is 8.98 Å². The van der Waals surface area contributed by atoms with Crippen molar-refractivity contribution >= 4 is 43.7 Å². The van der Waals surface area contributed by atoms with Crippen LogP contribution in [0.15, 0.2) is 174 Å². The zero-order valence-electron chi connectivity index (χ0n) is 34.2. The van der Waals surface area contributed by atoms with Gasteiger partial charge in [0, 0.05) is 49.4 Å². The summed E-state index contributed by atoms with van der Waals surface area (Å²) in [5, 5.41) is 1.71. The van der Waals surface area contributed by atoms with Gasteiger partial charge >= 0.3 is 0 Å². The van der Waals surface area contributed by atoms with E-state index in [1.54, 1.807) is 6.07 Å². The van der Waals surface area contributed by atoms with Crippen LogP contribution in [0.25, 0.3) is 94.7 Å².